The lowest BCUT2D eigenvalue weighted by Gasteiger charge is -2.18. The molecule has 5 heteroatoms. The summed E-state index contributed by atoms with van der Waals surface area (Å²) in [6.45, 7) is 10.3. The van der Waals surface area contributed by atoms with Gasteiger partial charge in [-0.15, -0.1) is 0 Å². The van der Waals surface area contributed by atoms with Gasteiger partial charge >= 0.3 is 0 Å². The Balaban J connectivity index is 1.82. The van der Waals surface area contributed by atoms with Crippen molar-refractivity contribution in [2.24, 2.45) is 10.9 Å². The molecule has 1 saturated heterocycles. The highest BCUT2D eigenvalue weighted by Crippen LogP contribution is 2.34. The van der Waals surface area contributed by atoms with E-state index in [9.17, 15) is 0 Å². The second kappa shape index (κ2) is 11.1. The predicted molar refractivity (Wildman–Crippen MR) is 103 cm³/mol. The molecular weight excluding hydrogens is 314 g/mol. The molecule has 140 valence electrons. The van der Waals surface area contributed by atoms with E-state index in [4.69, 9.17) is 14.5 Å². The molecule has 2 atom stereocenters. The van der Waals surface area contributed by atoms with Crippen LogP contribution < -0.4 is 10.6 Å². The topological polar surface area (TPSA) is 54.9 Å². The molecule has 2 N–H and O–H groups in total. The number of nitrogens with one attached hydrogen (secondary N) is 2. The van der Waals surface area contributed by atoms with Crippen molar-refractivity contribution >= 4 is 5.96 Å². The van der Waals surface area contributed by atoms with Gasteiger partial charge in [-0.25, -0.2) is 0 Å². The van der Waals surface area contributed by atoms with Crippen LogP contribution in [-0.4, -0.2) is 44.9 Å². The molecule has 0 saturated carbocycles. The second-order valence-electron chi connectivity index (χ2n) is 6.67. The third-order valence-electron chi connectivity index (χ3n) is 4.24. The maximum absolute atomic E-state index is 5.95. The first-order valence-electron chi connectivity index (χ1n) is 9.51. The number of rotatable bonds is 9. The summed E-state index contributed by atoms with van der Waals surface area (Å²) in [5, 5.41) is 6.71. The normalized spacial score (nSPS) is 20.9. The van der Waals surface area contributed by atoms with Crippen LogP contribution in [0.15, 0.2) is 35.3 Å². The summed E-state index contributed by atoms with van der Waals surface area (Å²) >= 11 is 0. The molecule has 1 aliphatic rings. The minimum Gasteiger partial charge on any atom is -0.379 e. The Morgan fingerprint density at radius 2 is 2.08 bits per heavy atom. The standard InChI is InChI=1S/C20H33N3O2/c1-4-21-20(22-12-8-13-24-16(2)3)23-15-18-11-14-25-19(18)17-9-6-5-7-10-17/h5-7,9-10,16,18-19H,4,8,11-15H2,1-3H3,(H2,21,22,23). The van der Waals surface area contributed by atoms with E-state index in [0.29, 0.717) is 12.0 Å². The number of guanidine groups is 1. The lowest BCUT2D eigenvalue weighted by Crippen LogP contribution is -2.38. The van der Waals surface area contributed by atoms with Crippen LogP contribution in [0.2, 0.25) is 0 Å². The summed E-state index contributed by atoms with van der Waals surface area (Å²) in [5.41, 5.74) is 1.25. The molecule has 2 rings (SSSR count). The highest BCUT2D eigenvalue weighted by atomic mass is 16.5. The SMILES string of the molecule is CCNC(=NCC1CCOC1c1ccccc1)NCCCOC(C)C. The first kappa shape index (κ1) is 19.7. The van der Waals surface area contributed by atoms with Crippen molar-refractivity contribution in [3.63, 3.8) is 0 Å². The zero-order chi connectivity index (χ0) is 17.9. The van der Waals surface area contributed by atoms with Crippen molar-refractivity contribution in [2.45, 2.75) is 45.8 Å². The summed E-state index contributed by atoms with van der Waals surface area (Å²) in [6.07, 6.45) is 2.48. The predicted octanol–water partition coefficient (Wildman–Crippen LogP) is 3.13. The molecule has 1 heterocycles. The minimum atomic E-state index is 0.160. The molecule has 2 unspecified atom stereocenters. The Morgan fingerprint density at radius 3 is 2.80 bits per heavy atom. The fraction of sp³-hybridized carbons (Fsp3) is 0.650. The molecule has 5 nitrogen and oxygen atoms in total. The molecule has 0 amide bonds. The molecule has 1 aromatic carbocycles. The summed E-state index contributed by atoms with van der Waals surface area (Å²) in [7, 11) is 0. The Kier molecular flexibility index (Phi) is 8.77. The summed E-state index contributed by atoms with van der Waals surface area (Å²) in [6, 6.07) is 10.5. The lowest BCUT2D eigenvalue weighted by molar-refractivity contribution is 0.0776. The highest BCUT2D eigenvalue weighted by Gasteiger charge is 2.29. The third kappa shape index (κ3) is 7.04. The van der Waals surface area contributed by atoms with E-state index in [1.165, 1.54) is 5.56 Å². The van der Waals surface area contributed by atoms with Crippen LogP contribution in [0.5, 0.6) is 0 Å². The third-order valence-corrected chi connectivity index (χ3v) is 4.24. The Hall–Kier alpha value is -1.59. The Morgan fingerprint density at radius 1 is 1.28 bits per heavy atom. The molecule has 0 spiro atoms. The van der Waals surface area contributed by atoms with Gasteiger partial charge in [0, 0.05) is 38.8 Å². The van der Waals surface area contributed by atoms with Crippen molar-refractivity contribution in [3.8, 4) is 0 Å². The van der Waals surface area contributed by atoms with Crippen molar-refractivity contribution in [1.82, 2.24) is 10.6 Å². The maximum Gasteiger partial charge on any atom is 0.191 e. The number of benzene rings is 1. The lowest BCUT2D eigenvalue weighted by atomic mass is 9.95. The van der Waals surface area contributed by atoms with Gasteiger partial charge < -0.3 is 20.1 Å². The summed E-state index contributed by atoms with van der Waals surface area (Å²) < 4.78 is 11.5. The van der Waals surface area contributed by atoms with Gasteiger partial charge in [0.1, 0.15) is 0 Å². The van der Waals surface area contributed by atoms with Crippen molar-refractivity contribution in [2.75, 3.05) is 32.8 Å². The van der Waals surface area contributed by atoms with E-state index in [1.807, 2.05) is 6.07 Å². The zero-order valence-corrected chi connectivity index (χ0v) is 15.8. The van der Waals surface area contributed by atoms with Gasteiger partial charge in [0.25, 0.3) is 0 Å². The van der Waals surface area contributed by atoms with Crippen molar-refractivity contribution in [3.05, 3.63) is 35.9 Å². The number of hydrogen-bond acceptors (Lipinski definition) is 3. The van der Waals surface area contributed by atoms with Crippen LogP contribution >= 0.6 is 0 Å². The zero-order valence-electron chi connectivity index (χ0n) is 15.8. The van der Waals surface area contributed by atoms with Crippen LogP contribution in [0.3, 0.4) is 0 Å². The number of nitrogens with zero attached hydrogens (tertiary/aromatic N) is 1. The average Bonchev–Trinajstić information content (AvgIpc) is 3.08. The van der Waals surface area contributed by atoms with E-state index in [-0.39, 0.29) is 6.10 Å². The molecule has 0 bridgehead atoms. The molecule has 25 heavy (non-hydrogen) atoms. The van der Waals surface area contributed by atoms with Crippen LogP contribution in [0.1, 0.15) is 45.3 Å². The average molecular weight is 348 g/mol. The van der Waals surface area contributed by atoms with Gasteiger partial charge in [0.15, 0.2) is 5.96 Å². The maximum atomic E-state index is 5.95. The van der Waals surface area contributed by atoms with E-state index in [1.54, 1.807) is 0 Å². The van der Waals surface area contributed by atoms with Crippen molar-refractivity contribution in [1.29, 1.82) is 0 Å². The molecule has 0 radical (unpaired) electrons. The number of ether oxygens (including phenoxy) is 2. The first-order valence-corrected chi connectivity index (χ1v) is 9.51. The fourth-order valence-corrected chi connectivity index (χ4v) is 2.98. The number of aliphatic imine (C=N–C) groups is 1. The molecule has 0 aromatic heterocycles. The van der Waals surface area contributed by atoms with Crippen LogP contribution in [-0.2, 0) is 9.47 Å². The highest BCUT2D eigenvalue weighted by molar-refractivity contribution is 5.79. The van der Waals surface area contributed by atoms with E-state index < -0.39 is 0 Å². The van der Waals surface area contributed by atoms with Gasteiger partial charge in [-0.3, -0.25) is 4.99 Å². The van der Waals surface area contributed by atoms with Crippen LogP contribution in [0.25, 0.3) is 0 Å². The van der Waals surface area contributed by atoms with Gasteiger partial charge in [0.2, 0.25) is 0 Å². The van der Waals surface area contributed by atoms with Crippen LogP contribution in [0.4, 0.5) is 0 Å². The summed E-state index contributed by atoms with van der Waals surface area (Å²) in [4.78, 5) is 4.78. The fourth-order valence-electron chi connectivity index (χ4n) is 2.98. The van der Waals surface area contributed by atoms with E-state index in [2.05, 4.69) is 55.7 Å². The van der Waals surface area contributed by atoms with E-state index in [0.717, 1.165) is 51.6 Å². The number of hydrogen-bond donors (Lipinski definition) is 2. The first-order chi connectivity index (χ1) is 12.2. The Bertz CT molecular complexity index is 505. The second-order valence-corrected chi connectivity index (χ2v) is 6.67. The quantitative estimate of drug-likeness (QED) is 0.409. The molecule has 1 aliphatic heterocycles. The minimum absolute atomic E-state index is 0.160. The van der Waals surface area contributed by atoms with Gasteiger partial charge in [-0.2, -0.15) is 0 Å². The van der Waals surface area contributed by atoms with E-state index >= 15 is 0 Å². The van der Waals surface area contributed by atoms with Gasteiger partial charge in [0.05, 0.1) is 12.2 Å². The molecule has 1 fully saturated rings. The largest absolute Gasteiger partial charge is 0.379 e. The van der Waals surface area contributed by atoms with Crippen LogP contribution in [0, 0.1) is 5.92 Å². The van der Waals surface area contributed by atoms with Crippen molar-refractivity contribution < 1.29 is 9.47 Å². The monoisotopic (exact) mass is 347 g/mol. The Labute approximate surface area is 152 Å². The molecule has 0 aliphatic carbocycles. The van der Waals surface area contributed by atoms with Gasteiger partial charge in [-0.1, -0.05) is 30.3 Å². The smallest absolute Gasteiger partial charge is 0.191 e. The molecular formula is C20H33N3O2. The summed E-state index contributed by atoms with van der Waals surface area (Å²) in [5.74, 6) is 1.31. The molecule has 1 aromatic rings. The van der Waals surface area contributed by atoms with Gasteiger partial charge in [-0.05, 0) is 39.2 Å².